The number of carbonyl (C=O) groups is 1. The van der Waals surface area contributed by atoms with E-state index in [-0.39, 0.29) is 5.75 Å². The van der Waals surface area contributed by atoms with Crippen LogP contribution in [0, 0.1) is 0 Å². The van der Waals surface area contributed by atoms with Gasteiger partial charge < -0.3 is 19.0 Å². The zero-order chi connectivity index (χ0) is 29.1. The van der Waals surface area contributed by atoms with Gasteiger partial charge in [-0.05, 0) is 62.4 Å². The lowest BCUT2D eigenvalue weighted by atomic mass is 10.0. The molecule has 3 aromatic carbocycles. The fourth-order valence-electron chi connectivity index (χ4n) is 3.54. The predicted octanol–water partition coefficient (Wildman–Crippen LogP) is 6.59. The maximum Gasteiger partial charge on any atom is 0.416 e. The molecule has 0 fully saturated rings. The van der Waals surface area contributed by atoms with Crippen LogP contribution in [0.4, 0.5) is 13.2 Å². The Morgan fingerprint density at radius 3 is 2.15 bits per heavy atom. The van der Waals surface area contributed by atoms with Gasteiger partial charge in [-0.2, -0.15) is 23.4 Å². The van der Waals surface area contributed by atoms with Crippen molar-refractivity contribution in [3.8, 4) is 11.5 Å². The molecule has 40 heavy (non-hydrogen) atoms. The first-order valence-electron chi connectivity index (χ1n) is 12.1. The third-order valence-electron chi connectivity index (χ3n) is 5.51. The number of halogens is 3. The maximum atomic E-state index is 12.8. The van der Waals surface area contributed by atoms with Gasteiger partial charge in [0, 0.05) is 23.8 Å². The SMILES string of the molecule is CCON=C(C(C)=NN=Cc1ccccc1C(OC)C(=O)OC)c1ccc(Oc2ccc(C(F)(F)F)cc2)cc1. The maximum absolute atomic E-state index is 12.8. The van der Waals surface area contributed by atoms with Crippen LogP contribution < -0.4 is 4.74 Å². The van der Waals surface area contributed by atoms with Crippen LogP contribution in [0.25, 0.3) is 0 Å². The molecule has 0 aromatic heterocycles. The minimum atomic E-state index is -4.42. The first-order chi connectivity index (χ1) is 19.2. The van der Waals surface area contributed by atoms with Gasteiger partial charge >= 0.3 is 12.1 Å². The Labute approximate surface area is 229 Å². The zero-order valence-electron chi connectivity index (χ0n) is 22.3. The van der Waals surface area contributed by atoms with Crippen molar-refractivity contribution < 1.29 is 37.0 Å². The molecule has 3 aromatic rings. The topological polar surface area (TPSA) is 91.1 Å². The van der Waals surface area contributed by atoms with E-state index in [2.05, 4.69) is 15.4 Å². The molecular formula is C29H28F3N3O5. The summed E-state index contributed by atoms with van der Waals surface area (Å²) in [4.78, 5) is 17.4. The Bertz CT molecular complexity index is 1370. The Balaban J connectivity index is 1.80. The van der Waals surface area contributed by atoms with Gasteiger partial charge in [-0.15, -0.1) is 0 Å². The number of carbonyl (C=O) groups excluding carboxylic acids is 1. The van der Waals surface area contributed by atoms with Crippen molar-refractivity contribution in [2.45, 2.75) is 26.1 Å². The second-order valence-corrected chi connectivity index (χ2v) is 8.20. The van der Waals surface area contributed by atoms with Gasteiger partial charge in [0.25, 0.3) is 0 Å². The van der Waals surface area contributed by atoms with E-state index in [0.29, 0.717) is 40.5 Å². The van der Waals surface area contributed by atoms with Gasteiger partial charge in [-0.1, -0.05) is 29.4 Å². The van der Waals surface area contributed by atoms with Crippen molar-refractivity contribution in [1.82, 2.24) is 0 Å². The largest absolute Gasteiger partial charge is 0.467 e. The molecule has 1 atom stereocenters. The number of rotatable bonds is 11. The Kier molecular flexibility index (Phi) is 10.5. The second-order valence-electron chi connectivity index (χ2n) is 8.20. The van der Waals surface area contributed by atoms with Crippen LogP contribution in [0.2, 0.25) is 0 Å². The number of hydrogen-bond donors (Lipinski definition) is 0. The molecule has 0 bridgehead atoms. The summed E-state index contributed by atoms with van der Waals surface area (Å²) < 4.78 is 54.1. The summed E-state index contributed by atoms with van der Waals surface area (Å²) in [6, 6.07) is 18.2. The van der Waals surface area contributed by atoms with Crippen molar-refractivity contribution in [2.75, 3.05) is 20.8 Å². The average Bonchev–Trinajstić information content (AvgIpc) is 2.95. The van der Waals surface area contributed by atoms with Crippen LogP contribution >= 0.6 is 0 Å². The summed E-state index contributed by atoms with van der Waals surface area (Å²) in [7, 11) is 2.69. The monoisotopic (exact) mass is 555 g/mol. The highest BCUT2D eigenvalue weighted by atomic mass is 19.4. The molecule has 0 saturated carbocycles. The van der Waals surface area contributed by atoms with E-state index in [1.165, 1.54) is 32.6 Å². The molecule has 1 unspecified atom stereocenters. The number of oxime groups is 1. The quantitative estimate of drug-likeness (QED) is 0.151. The van der Waals surface area contributed by atoms with E-state index >= 15 is 0 Å². The average molecular weight is 556 g/mol. The van der Waals surface area contributed by atoms with Gasteiger partial charge in [-0.3, -0.25) is 0 Å². The molecule has 8 nitrogen and oxygen atoms in total. The lowest BCUT2D eigenvalue weighted by Gasteiger charge is -2.15. The molecule has 0 aliphatic carbocycles. The summed E-state index contributed by atoms with van der Waals surface area (Å²) in [5.41, 5.74) is 1.93. The smallest absolute Gasteiger partial charge is 0.416 e. The molecule has 0 radical (unpaired) electrons. The van der Waals surface area contributed by atoms with E-state index in [9.17, 15) is 18.0 Å². The lowest BCUT2D eigenvalue weighted by molar-refractivity contribution is -0.152. The number of alkyl halides is 3. The van der Waals surface area contributed by atoms with Gasteiger partial charge in [0.2, 0.25) is 0 Å². The summed E-state index contributed by atoms with van der Waals surface area (Å²) >= 11 is 0. The molecular weight excluding hydrogens is 527 g/mol. The molecule has 210 valence electrons. The molecule has 0 amide bonds. The number of benzene rings is 3. The Hall–Kier alpha value is -4.51. The van der Waals surface area contributed by atoms with E-state index in [1.54, 1.807) is 62.4 Å². The first-order valence-corrected chi connectivity index (χ1v) is 12.1. The highest BCUT2D eigenvalue weighted by Crippen LogP contribution is 2.31. The molecule has 0 aliphatic heterocycles. The van der Waals surface area contributed by atoms with Gasteiger partial charge in [0.15, 0.2) is 6.10 Å². The van der Waals surface area contributed by atoms with Gasteiger partial charge in [-0.25, -0.2) is 4.79 Å². The molecule has 3 rings (SSSR count). The Morgan fingerprint density at radius 1 is 0.950 bits per heavy atom. The third-order valence-corrected chi connectivity index (χ3v) is 5.51. The van der Waals surface area contributed by atoms with Crippen molar-refractivity contribution in [3.63, 3.8) is 0 Å². The summed E-state index contributed by atoms with van der Waals surface area (Å²) in [6.07, 6.45) is -3.85. The minimum Gasteiger partial charge on any atom is -0.467 e. The summed E-state index contributed by atoms with van der Waals surface area (Å²) in [6.45, 7) is 3.83. The zero-order valence-corrected chi connectivity index (χ0v) is 22.3. The molecule has 0 spiro atoms. The van der Waals surface area contributed by atoms with Gasteiger partial charge in [0.1, 0.15) is 23.8 Å². The van der Waals surface area contributed by atoms with Gasteiger partial charge in [0.05, 0.1) is 24.6 Å². The van der Waals surface area contributed by atoms with Crippen molar-refractivity contribution in [1.29, 1.82) is 0 Å². The highest BCUT2D eigenvalue weighted by Gasteiger charge is 2.30. The molecule has 0 heterocycles. The Morgan fingerprint density at radius 2 is 1.57 bits per heavy atom. The van der Waals surface area contributed by atoms with Crippen LogP contribution in [0.5, 0.6) is 11.5 Å². The molecule has 0 aliphatic rings. The number of hydrogen-bond acceptors (Lipinski definition) is 8. The molecule has 0 saturated heterocycles. The van der Waals surface area contributed by atoms with Crippen LogP contribution in [0.3, 0.4) is 0 Å². The van der Waals surface area contributed by atoms with Crippen molar-refractivity contribution in [3.05, 3.63) is 95.1 Å². The van der Waals surface area contributed by atoms with Crippen molar-refractivity contribution in [2.24, 2.45) is 15.4 Å². The predicted molar refractivity (Wildman–Crippen MR) is 145 cm³/mol. The summed E-state index contributed by atoms with van der Waals surface area (Å²) in [5.74, 6) is 0.140. The third kappa shape index (κ3) is 8.00. The van der Waals surface area contributed by atoms with Crippen LogP contribution in [-0.4, -0.2) is 44.4 Å². The van der Waals surface area contributed by atoms with Crippen molar-refractivity contribution >= 4 is 23.6 Å². The second kappa shape index (κ2) is 14.0. The van der Waals surface area contributed by atoms with E-state index in [1.807, 2.05) is 0 Å². The van der Waals surface area contributed by atoms with Crippen LogP contribution in [-0.2, 0) is 25.3 Å². The minimum absolute atomic E-state index is 0.263. The number of nitrogens with zero attached hydrogens (tertiary/aromatic N) is 3. The normalized spacial score (nSPS) is 13.3. The lowest BCUT2D eigenvalue weighted by Crippen LogP contribution is -2.17. The fraction of sp³-hybridized carbons (Fsp3) is 0.241. The summed E-state index contributed by atoms with van der Waals surface area (Å²) in [5, 5.41) is 12.6. The standard InChI is InChI=1S/C29H28F3N3O5/c1-5-39-35-26(19(2)34-33-18-21-8-6-7-9-25(21)27(37-3)28(36)38-4)20-10-14-23(15-11-20)40-24-16-12-22(13-17-24)29(30,31)32/h6-18,27H,5H2,1-4H3. The fourth-order valence-corrected chi connectivity index (χ4v) is 3.54. The number of esters is 1. The molecule has 0 N–H and O–H groups in total. The number of methoxy groups -OCH3 is 2. The highest BCUT2D eigenvalue weighted by molar-refractivity contribution is 6.47. The van der Waals surface area contributed by atoms with E-state index in [0.717, 1.165) is 12.1 Å². The first kappa shape index (κ1) is 30.0. The van der Waals surface area contributed by atoms with Crippen LogP contribution in [0.1, 0.15) is 42.2 Å². The number of ether oxygens (including phenoxy) is 3. The molecule has 11 heteroatoms. The van der Waals surface area contributed by atoms with E-state index < -0.39 is 23.8 Å². The van der Waals surface area contributed by atoms with Crippen LogP contribution in [0.15, 0.2) is 88.2 Å². The van der Waals surface area contributed by atoms with E-state index in [4.69, 9.17) is 19.0 Å².